The summed E-state index contributed by atoms with van der Waals surface area (Å²) in [6.07, 6.45) is 0.0442. The first-order valence-corrected chi connectivity index (χ1v) is 5.94. The Labute approximate surface area is 110 Å². The largest absolute Gasteiger partial charge is 0.481 e. The minimum Gasteiger partial charge on any atom is -0.481 e. The summed E-state index contributed by atoms with van der Waals surface area (Å²) in [5, 5.41) is 10.5. The molecular weight excluding hydrogens is 254 g/mol. The van der Waals surface area contributed by atoms with Crippen LogP contribution in [-0.2, 0) is 14.4 Å². The second-order valence-corrected chi connectivity index (χ2v) is 4.34. The summed E-state index contributed by atoms with van der Waals surface area (Å²) < 4.78 is 0. The van der Waals surface area contributed by atoms with Gasteiger partial charge < -0.3 is 14.9 Å². The van der Waals surface area contributed by atoms with E-state index in [1.165, 1.54) is 9.80 Å². The molecule has 1 fully saturated rings. The number of nitrogens with one attached hydrogen (secondary N) is 1. The molecule has 0 atom stereocenters. The molecule has 8 heteroatoms. The molecular formula is C11H17N3O5. The van der Waals surface area contributed by atoms with E-state index in [0.717, 1.165) is 0 Å². The quantitative estimate of drug-likeness (QED) is 0.702. The number of rotatable bonds is 3. The highest BCUT2D eigenvalue weighted by Gasteiger charge is 2.23. The van der Waals surface area contributed by atoms with E-state index < -0.39 is 17.9 Å². The van der Waals surface area contributed by atoms with Crippen LogP contribution in [0.15, 0.2) is 0 Å². The summed E-state index contributed by atoms with van der Waals surface area (Å²) in [5.41, 5.74) is 0. The number of carbonyl (C=O) groups excluding carboxylic acids is 3. The van der Waals surface area contributed by atoms with Crippen LogP contribution in [0.3, 0.4) is 0 Å². The predicted octanol–water partition coefficient (Wildman–Crippen LogP) is -0.748. The topological polar surface area (TPSA) is 107 Å². The van der Waals surface area contributed by atoms with Crippen LogP contribution in [0.25, 0.3) is 0 Å². The van der Waals surface area contributed by atoms with E-state index in [1.54, 1.807) is 7.05 Å². The molecule has 0 aromatic heterocycles. The van der Waals surface area contributed by atoms with Crippen molar-refractivity contribution in [3.05, 3.63) is 0 Å². The van der Waals surface area contributed by atoms with E-state index in [0.29, 0.717) is 19.5 Å². The number of carboxylic acid groups (broad SMARTS) is 1. The molecule has 19 heavy (non-hydrogen) atoms. The number of hydrogen-bond acceptors (Lipinski definition) is 4. The normalized spacial score (nSPS) is 15.9. The maximum absolute atomic E-state index is 11.7. The number of likely N-dealkylation sites (N-methyl/N-ethyl adjacent to an activating group) is 1. The second kappa shape index (κ2) is 6.72. The fraction of sp³-hybridized carbons (Fsp3) is 0.636. The Balaban J connectivity index is 2.46. The minimum atomic E-state index is -1.10. The molecule has 1 rings (SSSR count). The fourth-order valence-electron chi connectivity index (χ4n) is 1.64. The number of amides is 4. The lowest BCUT2D eigenvalue weighted by atomic mass is 10.3. The predicted molar refractivity (Wildman–Crippen MR) is 64.2 cm³/mol. The Morgan fingerprint density at radius 2 is 1.95 bits per heavy atom. The summed E-state index contributed by atoms with van der Waals surface area (Å²) in [6.45, 7) is 0.873. The van der Waals surface area contributed by atoms with Gasteiger partial charge in [0, 0.05) is 26.6 Å². The van der Waals surface area contributed by atoms with Gasteiger partial charge in [-0.1, -0.05) is 0 Å². The zero-order chi connectivity index (χ0) is 14.4. The second-order valence-electron chi connectivity index (χ2n) is 4.34. The van der Waals surface area contributed by atoms with Gasteiger partial charge in [-0.25, -0.2) is 4.79 Å². The molecule has 1 aliphatic heterocycles. The molecule has 8 nitrogen and oxygen atoms in total. The Hall–Kier alpha value is -2.12. The standard InChI is InChI=1S/C11H17N3O5/c1-13-5-2-6-14(7-9(13)16)11(19)12-8(15)3-4-10(17)18/h2-7H2,1H3,(H,17,18)(H,12,15,19). The lowest BCUT2D eigenvalue weighted by Crippen LogP contribution is -2.45. The van der Waals surface area contributed by atoms with Gasteiger partial charge in [-0.05, 0) is 6.42 Å². The Bertz CT molecular complexity index is 396. The SMILES string of the molecule is CN1CCCN(C(=O)NC(=O)CCC(=O)O)CC1=O. The highest BCUT2D eigenvalue weighted by molar-refractivity contribution is 5.96. The van der Waals surface area contributed by atoms with Crippen molar-refractivity contribution in [2.24, 2.45) is 0 Å². The molecule has 106 valence electrons. The molecule has 0 radical (unpaired) electrons. The van der Waals surface area contributed by atoms with Gasteiger partial charge in [0.05, 0.1) is 6.42 Å². The number of carboxylic acids is 1. The monoisotopic (exact) mass is 271 g/mol. The van der Waals surface area contributed by atoms with Gasteiger partial charge >= 0.3 is 12.0 Å². The highest BCUT2D eigenvalue weighted by atomic mass is 16.4. The van der Waals surface area contributed by atoms with Crippen molar-refractivity contribution < 1.29 is 24.3 Å². The van der Waals surface area contributed by atoms with Gasteiger partial charge in [-0.3, -0.25) is 19.7 Å². The van der Waals surface area contributed by atoms with E-state index in [4.69, 9.17) is 5.11 Å². The molecule has 4 amide bonds. The van der Waals surface area contributed by atoms with Crippen molar-refractivity contribution in [3.8, 4) is 0 Å². The van der Waals surface area contributed by atoms with Crippen molar-refractivity contribution in [2.75, 3.05) is 26.7 Å². The zero-order valence-electron chi connectivity index (χ0n) is 10.7. The van der Waals surface area contributed by atoms with Crippen molar-refractivity contribution in [3.63, 3.8) is 0 Å². The molecule has 0 unspecified atom stereocenters. The maximum Gasteiger partial charge on any atom is 0.324 e. The molecule has 0 saturated carbocycles. The van der Waals surface area contributed by atoms with Gasteiger partial charge in [0.15, 0.2) is 0 Å². The Morgan fingerprint density at radius 1 is 1.26 bits per heavy atom. The minimum absolute atomic E-state index is 0.0749. The molecule has 0 aromatic carbocycles. The molecule has 2 N–H and O–H groups in total. The van der Waals surface area contributed by atoms with Crippen LogP contribution in [0, 0.1) is 0 Å². The van der Waals surface area contributed by atoms with Crippen LogP contribution >= 0.6 is 0 Å². The third-order valence-corrected chi connectivity index (χ3v) is 2.77. The van der Waals surface area contributed by atoms with Gasteiger partial charge in [0.25, 0.3) is 0 Å². The number of imide groups is 1. The molecule has 1 heterocycles. The molecule has 0 bridgehead atoms. The number of nitrogens with zero attached hydrogens (tertiary/aromatic N) is 2. The van der Waals surface area contributed by atoms with Crippen LogP contribution < -0.4 is 5.32 Å². The van der Waals surface area contributed by atoms with Gasteiger partial charge in [0.1, 0.15) is 6.54 Å². The number of carbonyl (C=O) groups is 4. The van der Waals surface area contributed by atoms with E-state index in [1.807, 2.05) is 0 Å². The van der Waals surface area contributed by atoms with Crippen LogP contribution in [0.5, 0.6) is 0 Å². The smallest absolute Gasteiger partial charge is 0.324 e. The Morgan fingerprint density at radius 3 is 2.58 bits per heavy atom. The zero-order valence-corrected chi connectivity index (χ0v) is 10.7. The lowest BCUT2D eigenvalue weighted by Gasteiger charge is -2.19. The average Bonchev–Trinajstić information content (AvgIpc) is 2.49. The van der Waals surface area contributed by atoms with Crippen LogP contribution in [0.1, 0.15) is 19.3 Å². The number of hydrogen-bond donors (Lipinski definition) is 2. The van der Waals surface area contributed by atoms with Crippen LogP contribution in [0.4, 0.5) is 4.79 Å². The third-order valence-electron chi connectivity index (χ3n) is 2.77. The molecule has 0 spiro atoms. The first kappa shape index (κ1) is 14.9. The van der Waals surface area contributed by atoms with E-state index in [9.17, 15) is 19.2 Å². The van der Waals surface area contributed by atoms with Gasteiger partial charge in [-0.15, -0.1) is 0 Å². The summed E-state index contributed by atoms with van der Waals surface area (Å²) in [6, 6.07) is -0.654. The lowest BCUT2D eigenvalue weighted by molar-refractivity contribution is -0.138. The summed E-state index contributed by atoms with van der Waals surface area (Å²) in [4.78, 5) is 47.7. The Kier molecular flexibility index (Phi) is 5.28. The number of urea groups is 1. The third kappa shape index (κ3) is 4.94. The summed E-state index contributed by atoms with van der Waals surface area (Å²) in [5.74, 6) is -1.95. The molecule has 0 aromatic rings. The number of aliphatic carboxylic acids is 1. The summed E-state index contributed by atoms with van der Waals surface area (Å²) in [7, 11) is 1.65. The highest BCUT2D eigenvalue weighted by Crippen LogP contribution is 2.03. The van der Waals surface area contributed by atoms with E-state index in [2.05, 4.69) is 5.32 Å². The average molecular weight is 271 g/mol. The van der Waals surface area contributed by atoms with Gasteiger partial charge in [0.2, 0.25) is 11.8 Å². The van der Waals surface area contributed by atoms with Crippen molar-refractivity contribution in [2.45, 2.75) is 19.3 Å². The van der Waals surface area contributed by atoms with Crippen molar-refractivity contribution in [1.82, 2.24) is 15.1 Å². The van der Waals surface area contributed by atoms with E-state index >= 15 is 0 Å². The summed E-state index contributed by atoms with van der Waals surface area (Å²) >= 11 is 0. The van der Waals surface area contributed by atoms with Crippen molar-refractivity contribution >= 4 is 23.8 Å². The fourth-order valence-corrected chi connectivity index (χ4v) is 1.64. The van der Waals surface area contributed by atoms with Gasteiger partial charge in [-0.2, -0.15) is 0 Å². The molecule has 0 aliphatic carbocycles. The molecule has 1 saturated heterocycles. The maximum atomic E-state index is 11.7. The van der Waals surface area contributed by atoms with E-state index in [-0.39, 0.29) is 25.3 Å². The first-order valence-electron chi connectivity index (χ1n) is 5.94. The molecule has 1 aliphatic rings. The van der Waals surface area contributed by atoms with Crippen LogP contribution in [0.2, 0.25) is 0 Å². The first-order chi connectivity index (χ1) is 8.90. The van der Waals surface area contributed by atoms with Crippen molar-refractivity contribution in [1.29, 1.82) is 0 Å². The van der Waals surface area contributed by atoms with Crippen LogP contribution in [-0.4, -0.2) is 65.4 Å².